The van der Waals surface area contributed by atoms with Crippen LogP contribution in [0.3, 0.4) is 0 Å². The van der Waals surface area contributed by atoms with Crippen molar-refractivity contribution in [2.45, 2.75) is 13.0 Å². The lowest BCUT2D eigenvalue weighted by molar-refractivity contribution is 0.649. The van der Waals surface area contributed by atoms with E-state index in [9.17, 15) is 0 Å². The van der Waals surface area contributed by atoms with Gasteiger partial charge in [-0.3, -0.25) is 11.3 Å². The van der Waals surface area contributed by atoms with Crippen LogP contribution < -0.4 is 11.3 Å². The van der Waals surface area contributed by atoms with Crippen LogP contribution in [0.1, 0.15) is 6.92 Å². The summed E-state index contributed by atoms with van der Waals surface area (Å²) in [6.07, 6.45) is 2.05. The zero-order valence-electron chi connectivity index (χ0n) is 5.98. The summed E-state index contributed by atoms with van der Waals surface area (Å²) in [4.78, 5) is 0. The third-order valence-electron chi connectivity index (χ3n) is 1.13. The number of hydrogen-bond acceptors (Lipinski definition) is 3. The molecule has 0 heterocycles. The lowest BCUT2D eigenvalue weighted by Gasteiger charge is -2.13. The van der Waals surface area contributed by atoms with E-state index in [2.05, 4.69) is 12.0 Å². The van der Waals surface area contributed by atoms with Gasteiger partial charge in [-0.25, -0.2) is 0 Å². The first kappa shape index (κ1) is 9.01. The zero-order chi connectivity index (χ0) is 7.28. The van der Waals surface area contributed by atoms with Crippen molar-refractivity contribution in [1.29, 1.82) is 0 Å². The molecule has 1 unspecified atom stereocenters. The van der Waals surface area contributed by atoms with Crippen molar-refractivity contribution < 1.29 is 0 Å². The van der Waals surface area contributed by atoms with E-state index in [0.29, 0.717) is 0 Å². The van der Waals surface area contributed by atoms with Gasteiger partial charge in [0.1, 0.15) is 0 Å². The minimum absolute atomic E-state index is 0.264. The summed E-state index contributed by atoms with van der Waals surface area (Å²) in [7, 11) is 0. The number of nitrogens with two attached hydrogens (primary N) is 1. The van der Waals surface area contributed by atoms with Gasteiger partial charge in [0.15, 0.2) is 0 Å². The summed E-state index contributed by atoms with van der Waals surface area (Å²) in [6, 6.07) is 0.264. The van der Waals surface area contributed by atoms with E-state index in [1.165, 1.54) is 0 Å². The van der Waals surface area contributed by atoms with Gasteiger partial charge in [0.25, 0.3) is 0 Å². The SMILES string of the molecule is C=C(C)C(CSC)NN. The van der Waals surface area contributed by atoms with Crippen LogP contribution in [0.2, 0.25) is 0 Å². The second-order valence-electron chi connectivity index (χ2n) is 2.02. The molecule has 3 N–H and O–H groups in total. The van der Waals surface area contributed by atoms with Crippen molar-refractivity contribution >= 4 is 11.8 Å². The van der Waals surface area contributed by atoms with Crippen LogP contribution in [-0.4, -0.2) is 18.1 Å². The van der Waals surface area contributed by atoms with Crippen LogP contribution in [0.4, 0.5) is 0 Å². The van der Waals surface area contributed by atoms with Gasteiger partial charge in [-0.05, 0) is 13.2 Å². The highest BCUT2D eigenvalue weighted by atomic mass is 32.2. The molecule has 0 saturated carbocycles. The molecule has 3 heteroatoms. The molecule has 0 rings (SSSR count). The predicted octanol–water partition coefficient (Wildman–Crippen LogP) is 0.757. The third-order valence-corrected chi connectivity index (χ3v) is 1.80. The van der Waals surface area contributed by atoms with E-state index in [4.69, 9.17) is 5.84 Å². The molecule has 0 aromatic carbocycles. The van der Waals surface area contributed by atoms with Gasteiger partial charge in [-0.1, -0.05) is 12.2 Å². The Balaban J connectivity index is 3.54. The summed E-state index contributed by atoms with van der Waals surface area (Å²) in [5.41, 5.74) is 3.77. The summed E-state index contributed by atoms with van der Waals surface area (Å²) >= 11 is 1.76. The molecule has 2 nitrogen and oxygen atoms in total. The van der Waals surface area contributed by atoms with Crippen molar-refractivity contribution in [3.8, 4) is 0 Å². The standard InChI is InChI=1S/C6H14N2S/c1-5(2)6(8-7)4-9-3/h6,8H,1,4,7H2,2-3H3. The maximum absolute atomic E-state index is 5.24. The molecule has 0 fully saturated rings. The number of hydrazine groups is 1. The summed E-state index contributed by atoms with van der Waals surface area (Å²) < 4.78 is 0. The van der Waals surface area contributed by atoms with E-state index >= 15 is 0 Å². The fourth-order valence-electron chi connectivity index (χ4n) is 0.499. The molecule has 0 radical (unpaired) electrons. The van der Waals surface area contributed by atoms with Crippen LogP contribution in [0, 0.1) is 0 Å². The molecule has 0 amide bonds. The second-order valence-corrected chi connectivity index (χ2v) is 2.93. The second kappa shape index (κ2) is 4.85. The van der Waals surface area contributed by atoms with Gasteiger partial charge in [-0.15, -0.1) is 0 Å². The Morgan fingerprint density at radius 1 is 1.89 bits per heavy atom. The predicted molar refractivity (Wildman–Crippen MR) is 44.3 cm³/mol. The molecule has 0 saturated heterocycles. The van der Waals surface area contributed by atoms with Gasteiger partial charge in [-0.2, -0.15) is 11.8 Å². The summed E-state index contributed by atoms with van der Waals surface area (Å²) in [5.74, 6) is 6.23. The van der Waals surface area contributed by atoms with Crippen LogP contribution >= 0.6 is 11.8 Å². The zero-order valence-corrected chi connectivity index (χ0v) is 6.79. The smallest absolute Gasteiger partial charge is 0.0504 e. The number of thioether (sulfide) groups is 1. The molecule has 0 aromatic heterocycles. The van der Waals surface area contributed by atoms with E-state index < -0.39 is 0 Å². The van der Waals surface area contributed by atoms with E-state index in [1.807, 2.05) is 13.2 Å². The quantitative estimate of drug-likeness (QED) is 0.349. The van der Waals surface area contributed by atoms with E-state index in [-0.39, 0.29) is 6.04 Å². The molecular formula is C6H14N2S. The molecule has 1 atom stereocenters. The van der Waals surface area contributed by atoms with Crippen LogP contribution in [-0.2, 0) is 0 Å². The normalized spacial score (nSPS) is 13.2. The Bertz CT molecular complexity index is 93.1. The van der Waals surface area contributed by atoms with E-state index in [0.717, 1.165) is 11.3 Å². The summed E-state index contributed by atoms with van der Waals surface area (Å²) in [5, 5.41) is 0. The van der Waals surface area contributed by atoms with Gasteiger partial charge >= 0.3 is 0 Å². The Kier molecular flexibility index (Phi) is 4.85. The molecule has 0 spiro atoms. The first-order valence-electron chi connectivity index (χ1n) is 2.82. The van der Waals surface area contributed by atoms with E-state index in [1.54, 1.807) is 11.8 Å². The number of hydrogen-bond donors (Lipinski definition) is 2. The first-order valence-corrected chi connectivity index (χ1v) is 4.22. The summed E-state index contributed by atoms with van der Waals surface area (Å²) in [6.45, 7) is 5.76. The van der Waals surface area contributed by atoms with Gasteiger partial charge < -0.3 is 0 Å². The van der Waals surface area contributed by atoms with Crippen molar-refractivity contribution in [1.82, 2.24) is 5.43 Å². The molecule has 0 aliphatic carbocycles. The monoisotopic (exact) mass is 146 g/mol. The fraction of sp³-hybridized carbons (Fsp3) is 0.667. The molecular weight excluding hydrogens is 132 g/mol. The number of rotatable bonds is 4. The Morgan fingerprint density at radius 2 is 2.44 bits per heavy atom. The molecule has 9 heavy (non-hydrogen) atoms. The molecule has 0 bridgehead atoms. The maximum atomic E-state index is 5.24. The fourth-order valence-corrected chi connectivity index (χ4v) is 1.21. The van der Waals surface area contributed by atoms with Gasteiger partial charge in [0.2, 0.25) is 0 Å². The van der Waals surface area contributed by atoms with Crippen molar-refractivity contribution in [2.24, 2.45) is 5.84 Å². The van der Waals surface area contributed by atoms with Crippen LogP contribution in [0.5, 0.6) is 0 Å². The minimum Gasteiger partial charge on any atom is -0.271 e. The van der Waals surface area contributed by atoms with Crippen molar-refractivity contribution in [2.75, 3.05) is 12.0 Å². The van der Waals surface area contributed by atoms with Gasteiger partial charge in [0.05, 0.1) is 6.04 Å². The maximum Gasteiger partial charge on any atom is 0.0504 e. The third kappa shape index (κ3) is 3.56. The Labute approximate surface area is 60.9 Å². The lowest BCUT2D eigenvalue weighted by Crippen LogP contribution is -2.37. The van der Waals surface area contributed by atoms with Crippen molar-refractivity contribution in [3.05, 3.63) is 12.2 Å². The Morgan fingerprint density at radius 3 is 2.56 bits per heavy atom. The molecule has 0 aromatic rings. The van der Waals surface area contributed by atoms with Crippen LogP contribution in [0.15, 0.2) is 12.2 Å². The van der Waals surface area contributed by atoms with Crippen LogP contribution in [0.25, 0.3) is 0 Å². The lowest BCUT2D eigenvalue weighted by atomic mass is 10.2. The average molecular weight is 146 g/mol. The number of nitrogens with one attached hydrogen (secondary N) is 1. The molecule has 0 aliphatic rings. The highest BCUT2D eigenvalue weighted by molar-refractivity contribution is 7.98. The topological polar surface area (TPSA) is 38.0 Å². The highest BCUT2D eigenvalue weighted by Crippen LogP contribution is 2.03. The first-order chi connectivity index (χ1) is 4.22. The minimum atomic E-state index is 0.264. The molecule has 54 valence electrons. The molecule has 0 aliphatic heterocycles. The highest BCUT2D eigenvalue weighted by Gasteiger charge is 2.03. The average Bonchev–Trinajstić information content (AvgIpc) is 1.82. The van der Waals surface area contributed by atoms with Gasteiger partial charge in [0, 0.05) is 5.75 Å². The largest absolute Gasteiger partial charge is 0.271 e. The van der Waals surface area contributed by atoms with Crippen molar-refractivity contribution in [3.63, 3.8) is 0 Å². The Hall–Kier alpha value is 0.01000.